The summed E-state index contributed by atoms with van der Waals surface area (Å²) < 4.78 is 20.6. The highest BCUT2D eigenvalue weighted by molar-refractivity contribution is 7.86. The molecule has 0 aliphatic heterocycles. The van der Waals surface area contributed by atoms with Crippen molar-refractivity contribution in [1.29, 1.82) is 0 Å². The molecule has 150 valence electrons. The minimum Gasteiger partial charge on any atom is -0.497 e. The molecule has 2 amide bonds. The average molecular weight is 430 g/mol. The normalized spacial score (nSPS) is 11.4. The number of carbonyl (C=O) groups excluding carboxylic acids is 1. The zero-order chi connectivity index (χ0) is 20.8. The molecule has 3 aromatic rings. The number of rotatable bonds is 6. The number of anilines is 3. The van der Waals surface area contributed by atoms with E-state index in [0.29, 0.717) is 32.7 Å². The number of carbonyl (C=O) groups is 1. The molecule has 6 nitrogen and oxygen atoms in total. The molecular weight excluding hydrogens is 410 g/mol. The molecule has 0 aromatic heterocycles. The molecule has 0 spiro atoms. The summed E-state index contributed by atoms with van der Waals surface area (Å²) in [6.07, 6.45) is 0. The first-order chi connectivity index (χ1) is 13.9. The maximum atomic E-state index is 12.6. The Bertz CT molecular complexity index is 1040. The van der Waals surface area contributed by atoms with Crippen LogP contribution in [0.4, 0.5) is 21.9 Å². The van der Waals surface area contributed by atoms with Crippen LogP contribution in [0.25, 0.3) is 0 Å². The van der Waals surface area contributed by atoms with E-state index in [1.54, 1.807) is 61.7 Å². The number of methoxy groups -OCH3 is 1. The van der Waals surface area contributed by atoms with Gasteiger partial charge in [-0.2, -0.15) is 0 Å². The van der Waals surface area contributed by atoms with E-state index in [2.05, 4.69) is 15.4 Å². The fraction of sp³-hybridized carbons (Fsp3) is 0.0952. The second-order valence-electron chi connectivity index (χ2n) is 6.17. The van der Waals surface area contributed by atoms with E-state index in [-0.39, 0.29) is 0 Å². The van der Waals surface area contributed by atoms with Gasteiger partial charge in [-0.15, -0.1) is 0 Å². The van der Waals surface area contributed by atoms with Crippen LogP contribution in [0.1, 0.15) is 5.56 Å². The van der Waals surface area contributed by atoms with E-state index in [0.717, 1.165) is 5.56 Å². The van der Waals surface area contributed by atoms with Gasteiger partial charge in [0, 0.05) is 22.1 Å². The first-order valence-electron chi connectivity index (χ1n) is 8.71. The molecule has 0 aliphatic rings. The number of aryl methyl sites for hydroxylation is 1. The quantitative estimate of drug-likeness (QED) is 0.488. The van der Waals surface area contributed by atoms with E-state index in [4.69, 9.17) is 16.3 Å². The second kappa shape index (κ2) is 9.45. The van der Waals surface area contributed by atoms with Crippen LogP contribution in [0.5, 0.6) is 5.75 Å². The molecule has 0 bridgehead atoms. The SMILES string of the molecule is COc1ccc(NC(=O)Nc2cccc(S(=O)Nc3ccc(C)c(Cl)c3)c2)cc1. The highest BCUT2D eigenvalue weighted by atomic mass is 35.5. The predicted octanol–water partition coefficient (Wildman–Crippen LogP) is 5.44. The van der Waals surface area contributed by atoms with Crippen molar-refractivity contribution in [3.8, 4) is 5.75 Å². The number of ether oxygens (including phenoxy) is 1. The highest BCUT2D eigenvalue weighted by Crippen LogP contribution is 2.22. The number of hydrogen-bond donors (Lipinski definition) is 3. The second-order valence-corrected chi connectivity index (χ2v) is 7.79. The van der Waals surface area contributed by atoms with E-state index in [1.807, 2.05) is 19.1 Å². The number of urea groups is 1. The summed E-state index contributed by atoms with van der Waals surface area (Å²) in [5.41, 5.74) is 2.73. The Morgan fingerprint density at radius 1 is 0.931 bits per heavy atom. The fourth-order valence-electron chi connectivity index (χ4n) is 2.48. The molecule has 0 heterocycles. The molecule has 0 radical (unpaired) electrons. The zero-order valence-corrected chi connectivity index (χ0v) is 17.4. The summed E-state index contributed by atoms with van der Waals surface area (Å²) >= 11 is 6.11. The van der Waals surface area contributed by atoms with Gasteiger partial charge in [0.05, 0.1) is 12.0 Å². The number of halogens is 1. The lowest BCUT2D eigenvalue weighted by atomic mass is 10.2. The standard InChI is InChI=1S/C21H20ClN3O3S/c1-14-6-7-17(13-20(14)22)25-29(27)19-5-3-4-16(12-19)24-21(26)23-15-8-10-18(28-2)11-9-15/h3-13,25H,1-2H3,(H2,23,24,26). The average Bonchev–Trinajstić information content (AvgIpc) is 2.71. The van der Waals surface area contributed by atoms with Crippen LogP contribution < -0.4 is 20.1 Å². The molecule has 29 heavy (non-hydrogen) atoms. The molecule has 3 aromatic carbocycles. The van der Waals surface area contributed by atoms with Crippen LogP contribution in [0, 0.1) is 6.92 Å². The largest absolute Gasteiger partial charge is 0.497 e. The summed E-state index contributed by atoms with van der Waals surface area (Å²) in [7, 11) is 0.0674. The Morgan fingerprint density at radius 3 is 2.31 bits per heavy atom. The molecule has 0 saturated heterocycles. The van der Waals surface area contributed by atoms with Crippen LogP contribution in [-0.2, 0) is 11.0 Å². The van der Waals surface area contributed by atoms with Crippen molar-refractivity contribution in [2.24, 2.45) is 0 Å². The molecule has 1 atom stereocenters. The number of hydrogen-bond acceptors (Lipinski definition) is 3. The smallest absolute Gasteiger partial charge is 0.323 e. The van der Waals surface area contributed by atoms with Crippen molar-refractivity contribution >= 4 is 45.7 Å². The van der Waals surface area contributed by atoms with Crippen molar-refractivity contribution in [3.05, 3.63) is 77.3 Å². The van der Waals surface area contributed by atoms with Crippen molar-refractivity contribution in [3.63, 3.8) is 0 Å². The lowest BCUT2D eigenvalue weighted by Gasteiger charge is -2.11. The summed E-state index contributed by atoms with van der Waals surface area (Å²) in [6.45, 7) is 1.90. The van der Waals surface area contributed by atoms with E-state index < -0.39 is 17.0 Å². The van der Waals surface area contributed by atoms with Gasteiger partial charge in [-0.25, -0.2) is 9.00 Å². The zero-order valence-electron chi connectivity index (χ0n) is 15.9. The number of benzene rings is 3. The van der Waals surface area contributed by atoms with Gasteiger partial charge in [-0.1, -0.05) is 23.7 Å². The van der Waals surface area contributed by atoms with Crippen LogP contribution in [-0.4, -0.2) is 17.3 Å². The maximum Gasteiger partial charge on any atom is 0.323 e. The van der Waals surface area contributed by atoms with Crippen molar-refractivity contribution in [2.45, 2.75) is 11.8 Å². The number of amides is 2. The molecule has 0 fully saturated rings. The van der Waals surface area contributed by atoms with Crippen molar-refractivity contribution in [1.82, 2.24) is 0 Å². The number of nitrogens with one attached hydrogen (secondary N) is 3. The molecule has 3 rings (SSSR count). The third-order valence-electron chi connectivity index (χ3n) is 4.04. The van der Waals surface area contributed by atoms with Gasteiger partial charge >= 0.3 is 6.03 Å². The molecule has 3 N–H and O–H groups in total. The van der Waals surface area contributed by atoms with Crippen LogP contribution in [0.15, 0.2) is 71.6 Å². The summed E-state index contributed by atoms with van der Waals surface area (Å²) in [5.74, 6) is 0.702. The first kappa shape index (κ1) is 20.7. The molecular formula is C21H20ClN3O3S. The minimum atomic E-state index is -1.51. The molecule has 0 saturated carbocycles. The molecule has 0 aliphatic carbocycles. The minimum absolute atomic E-state index is 0.406. The van der Waals surface area contributed by atoms with Crippen LogP contribution in [0.3, 0.4) is 0 Å². The van der Waals surface area contributed by atoms with Gasteiger partial charge in [0.2, 0.25) is 0 Å². The maximum absolute atomic E-state index is 12.6. The molecule has 1 unspecified atom stereocenters. The van der Waals surface area contributed by atoms with Gasteiger partial charge in [-0.3, -0.25) is 0 Å². The molecule has 8 heteroatoms. The van der Waals surface area contributed by atoms with Crippen molar-refractivity contribution < 1.29 is 13.7 Å². The Morgan fingerprint density at radius 2 is 1.62 bits per heavy atom. The van der Waals surface area contributed by atoms with Crippen LogP contribution in [0.2, 0.25) is 5.02 Å². The van der Waals surface area contributed by atoms with E-state index in [9.17, 15) is 9.00 Å². The Hall–Kier alpha value is -3.03. The van der Waals surface area contributed by atoms with Gasteiger partial charge in [0.15, 0.2) is 0 Å². The lowest BCUT2D eigenvalue weighted by Crippen LogP contribution is -2.19. The van der Waals surface area contributed by atoms with Crippen LogP contribution >= 0.6 is 11.6 Å². The van der Waals surface area contributed by atoms with Gasteiger partial charge < -0.3 is 20.1 Å². The van der Waals surface area contributed by atoms with E-state index in [1.165, 1.54) is 0 Å². The summed E-state index contributed by atoms with van der Waals surface area (Å²) in [5, 5.41) is 6.06. The monoisotopic (exact) mass is 429 g/mol. The van der Waals surface area contributed by atoms with Gasteiger partial charge in [0.25, 0.3) is 0 Å². The van der Waals surface area contributed by atoms with Gasteiger partial charge in [-0.05, 0) is 67.1 Å². The van der Waals surface area contributed by atoms with Crippen molar-refractivity contribution in [2.75, 3.05) is 22.5 Å². The topological polar surface area (TPSA) is 79.5 Å². The summed E-state index contributed by atoms with van der Waals surface area (Å²) in [4.78, 5) is 12.7. The highest BCUT2D eigenvalue weighted by Gasteiger charge is 2.08. The lowest BCUT2D eigenvalue weighted by molar-refractivity contribution is 0.262. The Labute approximate surface area is 176 Å². The summed E-state index contributed by atoms with van der Waals surface area (Å²) in [6, 6.07) is 18.8. The Balaban J connectivity index is 1.64. The third kappa shape index (κ3) is 5.73. The third-order valence-corrected chi connectivity index (χ3v) is 5.55. The Kier molecular flexibility index (Phi) is 6.74. The first-order valence-corrected chi connectivity index (χ1v) is 10.2. The van der Waals surface area contributed by atoms with E-state index >= 15 is 0 Å². The fourth-order valence-corrected chi connectivity index (χ4v) is 3.55. The van der Waals surface area contributed by atoms with Gasteiger partial charge in [0.1, 0.15) is 16.7 Å². The predicted molar refractivity (Wildman–Crippen MR) is 118 cm³/mol.